The Labute approximate surface area is 115 Å². The molecule has 0 aromatic heterocycles. The molecule has 19 heavy (non-hydrogen) atoms. The van der Waals surface area contributed by atoms with Gasteiger partial charge in [-0.3, -0.25) is 0 Å². The highest BCUT2D eigenvalue weighted by Gasteiger charge is 2.36. The van der Waals surface area contributed by atoms with Gasteiger partial charge in [0, 0.05) is 5.57 Å². The lowest BCUT2D eigenvalue weighted by molar-refractivity contribution is -0.186. The van der Waals surface area contributed by atoms with Crippen LogP contribution in [0.25, 0.3) is 0 Å². The molecule has 4 heteroatoms. The first kappa shape index (κ1) is 14.5. The second-order valence-corrected chi connectivity index (χ2v) is 5.67. The molecule has 0 radical (unpaired) electrons. The van der Waals surface area contributed by atoms with E-state index in [1.165, 1.54) is 38.5 Å². The van der Waals surface area contributed by atoms with E-state index in [-0.39, 0.29) is 13.6 Å². The Morgan fingerprint density at radius 1 is 1.11 bits per heavy atom. The van der Waals surface area contributed by atoms with Gasteiger partial charge in [-0.2, -0.15) is 0 Å². The van der Waals surface area contributed by atoms with E-state index in [1.807, 2.05) is 0 Å². The van der Waals surface area contributed by atoms with Crippen molar-refractivity contribution in [3.8, 4) is 0 Å². The maximum atomic E-state index is 11.1. The van der Waals surface area contributed by atoms with Crippen LogP contribution in [0.5, 0.6) is 0 Å². The zero-order valence-electron chi connectivity index (χ0n) is 11.7. The van der Waals surface area contributed by atoms with Crippen molar-refractivity contribution in [3.05, 3.63) is 12.2 Å². The van der Waals surface area contributed by atoms with Gasteiger partial charge in [0.1, 0.15) is 0 Å². The van der Waals surface area contributed by atoms with Crippen molar-refractivity contribution in [3.63, 3.8) is 0 Å². The van der Waals surface area contributed by atoms with Gasteiger partial charge < -0.3 is 14.2 Å². The van der Waals surface area contributed by atoms with Gasteiger partial charge in [-0.1, -0.05) is 19.4 Å². The molecule has 0 atom stereocenters. The van der Waals surface area contributed by atoms with Crippen LogP contribution in [0.1, 0.15) is 45.4 Å². The molecule has 108 valence electrons. The van der Waals surface area contributed by atoms with Crippen LogP contribution in [0.3, 0.4) is 0 Å². The van der Waals surface area contributed by atoms with Crippen LogP contribution >= 0.6 is 0 Å². The third-order valence-electron chi connectivity index (χ3n) is 4.19. The highest BCUT2D eigenvalue weighted by Crippen LogP contribution is 2.41. The molecule has 0 aromatic rings. The first-order valence-electron chi connectivity index (χ1n) is 7.20. The highest BCUT2D eigenvalue weighted by molar-refractivity contribution is 5.86. The van der Waals surface area contributed by atoms with Crippen molar-refractivity contribution in [1.82, 2.24) is 0 Å². The van der Waals surface area contributed by atoms with E-state index < -0.39 is 5.97 Å². The molecule has 0 aliphatic heterocycles. The summed E-state index contributed by atoms with van der Waals surface area (Å²) < 4.78 is 15.9. The number of hydrogen-bond acceptors (Lipinski definition) is 4. The first-order valence-corrected chi connectivity index (χ1v) is 7.20. The second-order valence-electron chi connectivity index (χ2n) is 5.67. The lowest BCUT2D eigenvalue weighted by Gasteiger charge is -2.42. The third kappa shape index (κ3) is 4.05. The minimum atomic E-state index is -0.422. The minimum Gasteiger partial charge on any atom is -0.435 e. The number of hydrogen-bond donors (Lipinski definition) is 0. The summed E-state index contributed by atoms with van der Waals surface area (Å²) in [6.07, 6.45) is 8.16. The molecule has 0 spiro atoms. The molecule has 0 aromatic carbocycles. The van der Waals surface area contributed by atoms with Crippen LogP contribution < -0.4 is 0 Å². The number of ether oxygens (including phenoxy) is 3. The lowest BCUT2D eigenvalue weighted by atomic mass is 9.70. The van der Waals surface area contributed by atoms with Gasteiger partial charge in [0.05, 0.1) is 6.10 Å². The van der Waals surface area contributed by atoms with E-state index >= 15 is 0 Å². The van der Waals surface area contributed by atoms with Crippen molar-refractivity contribution in [1.29, 1.82) is 0 Å². The van der Waals surface area contributed by atoms with Crippen LogP contribution in [0, 0.1) is 11.8 Å². The Morgan fingerprint density at radius 2 is 1.68 bits per heavy atom. The number of esters is 1. The predicted octanol–water partition coefficient (Wildman–Crippen LogP) is 3.02. The smallest absolute Gasteiger partial charge is 0.335 e. The quantitative estimate of drug-likeness (QED) is 0.321. The van der Waals surface area contributed by atoms with Crippen LogP contribution in [0.2, 0.25) is 0 Å². The monoisotopic (exact) mass is 268 g/mol. The molecule has 2 aliphatic rings. The summed E-state index contributed by atoms with van der Waals surface area (Å²) in [7, 11) is 0. The number of carbonyl (C=O) groups excluding carboxylic acids is 1. The maximum absolute atomic E-state index is 11.1. The Hall–Kier alpha value is -0.870. The normalized spacial score (nSPS) is 29.8. The van der Waals surface area contributed by atoms with Crippen molar-refractivity contribution in [2.45, 2.75) is 51.6 Å². The number of fused-ring (bicyclic) bond motifs is 2. The summed E-state index contributed by atoms with van der Waals surface area (Å²) >= 11 is 0. The Balaban J connectivity index is 1.63. The first-order chi connectivity index (χ1) is 9.18. The highest BCUT2D eigenvalue weighted by atomic mass is 16.7. The zero-order chi connectivity index (χ0) is 13.7. The van der Waals surface area contributed by atoms with E-state index in [9.17, 15) is 4.79 Å². The van der Waals surface area contributed by atoms with E-state index in [0.717, 1.165) is 0 Å². The van der Waals surface area contributed by atoms with Gasteiger partial charge in [0.25, 0.3) is 0 Å². The molecule has 0 unspecified atom stereocenters. The molecule has 2 bridgehead atoms. The fraction of sp³-hybridized carbons (Fsp3) is 0.800. The standard InChI is InChI=1S/C15H24O4/c1-11(2)15(16)19-10-17-9-18-14-12-5-3-6-13(14)8-4-7-12/h12-14H,1,3-10H2,2H3. The number of carbonyl (C=O) groups is 1. The summed E-state index contributed by atoms with van der Waals surface area (Å²) in [5, 5.41) is 0. The van der Waals surface area contributed by atoms with E-state index in [1.54, 1.807) is 6.92 Å². The van der Waals surface area contributed by atoms with Crippen LogP contribution in [0.4, 0.5) is 0 Å². The second kappa shape index (κ2) is 7.06. The van der Waals surface area contributed by atoms with Crippen molar-refractivity contribution >= 4 is 5.97 Å². The van der Waals surface area contributed by atoms with Crippen LogP contribution in [0.15, 0.2) is 12.2 Å². The van der Waals surface area contributed by atoms with Crippen molar-refractivity contribution in [2.75, 3.05) is 13.6 Å². The largest absolute Gasteiger partial charge is 0.435 e. The average Bonchev–Trinajstić information content (AvgIpc) is 2.37. The van der Waals surface area contributed by atoms with E-state index in [0.29, 0.717) is 23.5 Å². The third-order valence-corrected chi connectivity index (χ3v) is 4.19. The summed E-state index contributed by atoms with van der Waals surface area (Å²) in [4.78, 5) is 11.1. The van der Waals surface area contributed by atoms with E-state index in [4.69, 9.17) is 14.2 Å². The minimum absolute atomic E-state index is 0.0618. The summed E-state index contributed by atoms with van der Waals surface area (Å²) in [6.45, 7) is 5.27. The average molecular weight is 268 g/mol. The number of rotatable bonds is 6. The van der Waals surface area contributed by atoms with Crippen molar-refractivity contribution in [2.24, 2.45) is 11.8 Å². The summed E-state index contributed by atoms with van der Waals surface area (Å²) in [5.41, 5.74) is 0.381. The topological polar surface area (TPSA) is 44.8 Å². The Kier molecular flexibility index (Phi) is 5.40. The van der Waals surface area contributed by atoms with Gasteiger partial charge in [-0.05, 0) is 44.4 Å². The summed E-state index contributed by atoms with van der Waals surface area (Å²) in [6, 6.07) is 0. The molecular weight excluding hydrogens is 244 g/mol. The fourth-order valence-corrected chi connectivity index (χ4v) is 3.27. The van der Waals surface area contributed by atoms with Crippen LogP contribution in [-0.4, -0.2) is 25.7 Å². The zero-order valence-corrected chi connectivity index (χ0v) is 11.7. The maximum Gasteiger partial charge on any atom is 0.335 e. The molecule has 2 saturated carbocycles. The molecule has 2 rings (SSSR count). The van der Waals surface area contributed by atoms with Gasteiger partial charge in [0.15, 0.2) is 13.6 Å². The van der Waals surface area contributed by atoms with Gasteiger partial charge in [-0.15, -0.1) is 0 Å². The SMILES string of the molecule is C=C(C)C(=O)OCOCOC1C2CCCC1CCC2. The molecule has 0 saturated heterocycles. The molecule has 4 nitrogen and oxygen atoms in total. The molecule has 0 heterocycles. The predicted molar refractivity (Wildman–Crippen MR) is 71.3 cm³/mol. The van der Waals surface area contributed by atoms with Crippen LogP contribution in [-0.2, 0) is 19.0 Å². The van der Waals surface area contributed by atoms with E-state index in [2.05, 4.69) is 6.58 Å². The molecular formula is C15H24O4. The molecule has 2 aliphatic carbocycles. The fourth-order valence-electron chi connectivity index (χ4n) is 3.27. The summed E-state index contributed by atoms with van der Waals surface area (Å²) in [5.74, 6) is 0.984. The van der Waals surface area contributed by atoms with Gasteiger partial charge in [-0.25, -0.2) is 4.79 Å². The van der Waals surface area contributed by atoms with Crippen molar-refractivity contribution < 1.29 is 19.0 Å². The molecule has 2 fully saturated rings. The molecule has 0 amide bonds. The lowest BCUT2D eigenvalue weighted by Crippen LogP contribution is -2.39. The molecule has 0 N–H and O–H groups in total. The Bertz CT molecular complexity index is 304. The van der Waals surface area contributed by atoms with Gasteiger partial charge >= 0.3 is 5.97 Å². The van der Waals surface area contributed by atoms with Gasteiger partial charge in [0.2, 0.25) is 0 Å². The Morgan fingerprint density at radius 3 is 2.21 bits per heavy atom.